The Morgan fingerprint density at radius 3 is 2.67 bits per heavy atom. The Hall–Kier alpha value is -3.48. The number of aliphatic carboxylic acids is 1. The molecule has 0 amide bonds. The third kappa shape index (κ3) is 6.01. The Kier molecular flexibility index (Phi) is 7.32. The Morgan fingerprint density at radius 2 is 1.97 bits per heavy atom. The van der Waals surface area contributed by atoms with Gasteiger partial charge >= 0.3 is 5.97 Å². The van der Waals surface area contributed by atoms with E-state index in [1.165, 1.54) is 18.5 Å². The quantitative estimate of drug-likeness (QED) is 0.495. The monoisotopic (exact) mass is 409 g/mol. The van der Waals surface area contributed by atoms with Crippen LogP contribution in [0, 0.1) is 5.82 Å². The Morgan fingerprint density at radius 1 is 1.17 bits per heavy atom. The first-order chi connectivity index (χ1) is 14.5. The van der Waals surface area contributed by atoms with Gasteiger partial charge in [0.25, 0.3) is 0 Å². The first-order valence-corrected chi connectivity index (χ1v) is 9.84. The van der Waals surface area contributed by atoms with E-state index in [1.54, 1.807) is 18.2 Å². The van der Waals surface area contributed by atoms with Crippen LogP contribution >= 0.6 is 0 Å². The molecule has 0 aliphatic rings. The minimum atomic E-state index is -0.900. The van der Waals surface area contributed by atoms with Crippen molar-refractivity contribution in [3.8, 4) is 17.0 Å². The first-order valence-electron chi connectivity index (χ1n) is 9.84. The molecule has 0 spiro atoms. The average Bonchev–Trinajstić information content (AvgIpc) is 2.75. The largest absolute Gasteiger partial charge is 0.489 e. The van der Waals surface area contributed by atoms with Crippen LogP contribution in [0.5, 0.6) is 5.75 Å². The van der Waals surface area contributed by atoms with E-state index in [4.69, 9.17) is 4.74 Å². The number of carbonyl (C=O) groups is 1. The van der Waals surface area contributed by atoms with E-state index in [1.807, 2.05) is 31.2 Å². The van der Waals surface area contributed by atoms with Gasteiger partial charge in [-0.15, -0.1) is 0 Å². The number of rotatable bonds is 10. The third-order valence-corrected chi connectivity index (χ3v) is 4.58. The molecule has 0 saturated carbocycles. The molecule has 0 radical (unpaired) electrons. The normalized spacial score (nSPS) is 11.7. The standard InChI is InChI=1S/C23H24FN3O3/c1-2-3-7-20(23(28)29)27-22-13-21(25-15-26-22)17-8-10-19(11-9-17)30-14-16-5-4-6-18(24)12-16/h4-6,8-13,15,20H,2-3,7,14H2,1H3,(H,28,29)(H,25,26,27). The van der Waals surface area contributed by atoms with E-state index >= 15 is 0 Å². The van der Waals surface area contributed by atoms with Crippen molar-refractivity contribution in [1.29, 1.82) is 0 Å². The van der Waals surface area contributed by atoms with Crippen molar-refractivity contribution in [3.63, 3.8) is 0 Å². The zero-order valence-corrected chi connectivity index (χ0v) is 16.7. The summed E-state index contributed by atoms with van der Waals surface area (Å²) in [5.74, 6) is -0.0706. The molecule has 3 rings (SSSR count). The van der Waals surface area contributed by atoms with Gasteiger partial charge in [0.05, 0.1) is 5.69 Å². The van der Waals surface area contributed by atoms with Gasteiger partial charge in [0.1, 0.15) is 36.4 Å². The Balaban J connectivity index is 1.65. The molecule has 0 bridgehead atoms. The van der Waals surface area contributed by atoms with E-state index in [0.717, 1.165) is 24.0 Å². The van der Waals surface area contributed by atoms with Crippen LogP contribution in [0.25, 0.3) is 11.3 Å². The Bertz CT molecular complexity index is 979. The molecule has 1 heterocycles. The minimum absolute atomic E-state index is 0.271. The highest BCUT2D eigenvalue weighted by Crippen LogP contribution is 2.23. The van der Waals surface area contributed by atoms with Crippen molar-refractivity contribution in [1.82, 2.24) is 9.97 Å². The molecule has 3 aromatic rings. The van der Waals surface area contributed by atoms with Crippen molar-refractivity contribution < 1.29 is 19.0 Å². The van der Waals surface area contributed by atoms with Gasteiger partial charge in [-0.25, -0.2) is 19.2 Å². The summed E-state index contributed by atoms with van der Waals surface area (Å²) >= 11 is 0. The summed E-state index contributed by atoms with van der Waals surface area (Å²) in [6.07, 6.45) is 3.68. The molecule has 30 heavy (non-hydrogen) atoms. The molecule has 0 saturated heterocycles. The fourth-order valence-corrected chi connectivity index (χ4v) is 2.95. The molecule has 0 aliphatic carbocycles. The highest BCUT2D eigenvalue weighted by atomic mass is 19.1. The molecule has 2 N–H and O–H groups in total. The lowest BCUT2D eigenvalue weighted by Gasteiger charge is -2.15. The highest BCUT2D eigenvalue weighted by molar-refractivity contribution is 5.77. The maximum atomic E-state index is 13.2. The lowest BCUT2D eigenvalue weighted by molar-refractivity contribution is -0.138. The number of hydrogen-bond donors (Lipinski definition) is 2. The number of ether oxygens (including phenoxy) is 1. The number of nitrogens with zero attached hydrogens (tertiary/aromatic N) is 2. The van der Waals surface area contributed by atoms with Crippen molar-refractivity contribution >= 4 is 11.8 Å². The van der Waals surface area contributed by atoms with Crippen LogP contribution < -0.4 is 10.1 Å². The summed E-state index contributed by atoms with van der Waals surface area (Å²) in [4.78, 5) is 19.9. The lowest BCUT2D eigenvalue weighted by atomic mass is 10.1. The second kappa shape index (κ2) is 10.3. The molecule has 1 atom stereocenters. The van der Waals surface area contributed by atoms with E-state index in [2.05, 4.69) is 15.3 Å². The number of hydrogen-bond acceptors (Lipinski definition) is 5. The van der Waals surface area contributed by atoms with Crippen LogP contribution in [-0.2, 0) is 11.4 Å². The molecule has 0 aliphatic heterocycles. The van der Waals surface area contributed by atoms with Gasteiger partial charge in [0, 0.05) is 11.6 Å². The van der Waals surface area contributed by atoms with Crippen LogP contribution in [0.2, 0.25) is 0 Å². The van der Waals surface area contributed by atoms with Crippen LogP contribution in [0.15, 0.2) is 60.9 Å². The van der Waals surface area contributed by atoms with Gasteiger partial charge in [0.2, 0.25) is 0 Å². The number of nitrogens with one attached hydrogen (secondary N) is 1. The molecule has 7 heteroatoms. The highest BCUT2D eigenvalue weighted by Gasteiger charge is 2.17. The maximum absolute atomic E-state index is 13.2. The summed E-state index contributed by atoms with van der Waals surface area (Å²) in [6.45, 7) is 2.29. The van der Waals surface area contributed by atoms with Gasteiger partial charge < -0.3 is 15.2 Å². The number of carboxylic acids is 1. The summed E-state index contributed by atoms with van der Waals surface area (Å²) in [7, 11) is 0. The fraction of sp³-hybridized carbons (Fsp3) is 0.261. The van der Waals surface area contributed by atoms with E-state index in [9.17, 15) is 14.3 Å². The first kappa shape index (κ1) is 21.2. The van der Waals surface area contributed by atoms with Crippen molar-refractivity contribution in [2.75, 3.05) is 5.32 Å². The fourth-order valence-electron chi connectivity index (χ4n) is 2.95. The summed E-state index contributed by atoms with van der Waals surface area (Å²) in [6, 6.07) is 14.7. The predicted molar refractivity (Wildman–Crippen MR) is 113 cm³/mol. The van der Waals surface area contributed by atoms with E-state index < -0.39 is 12.0 Å². The molecular formula is C23H24FN3O3. The van der Waals surface area contributed by atoms with E-state index in [0.29, 0.717) is 23.7 Å². The number of unbranched alkanes of at least 4 members (excludes halogenated alkanes) is 1. The molecule has 1 unspecified atom stereocenters. The van der Waals surface area contributed by atoms with Gasteiger partial charge in [-0.3, -0.25) is 0 Å². The number of carboxylic acid groups (broad SMARTS) is 1. The second-order valence-corrected chi connectivity index (χ2v) is 6.91. The average molecular weight is 409 g/mol. The van der Waals surface area contributed by atoms with Crippen LogP contribution in [0.3, 0.4) is 0 Å². The summed E-state index contributed by atoms with van der Waals surface area (Å²) < 4.78 is 18.9. The molecule has 6 nitrogen and oxygen atoms in total. The zero-order chi connectivity index (χ0) is 21.3. The van der Waals surface area contributed by atoms with Crippen LogP contribution in [0.4, 0.5) is 10.2 Å². The van der Waals surface area contributed by atoms with Crippen molar-refractivity contribution in [3.05, 3.63) is 72.3 Å². The topological polar surface area (TPSA) is 84.3 Å². The van der Waals surface area contributed by atoms with Crippen molar-refractivity contribution in [2.45, 2.75) is 38.8 Å². The number of anilines is 1. The second-order valence-electron chi connectivity index (χ2n) is 6.91. The maximum Gasteiger partial charge on any atom is 0.326 e. The van der Waals surface area contributed by atoms with Gasteiger partial charge in [0.15, 0.2) is 0 Å². The van der Waals surface area contributed by atoms with E-state index in [-0.39, 0.29) is 12.4 Å². The number of aromatic nitrogens is 2. The molecule has 156 valence electrons. The zero-order valence-electron chi connectivity index (χ0n) is 16.7. The third-order valence-electron chi connectivity index (χ3n) is 4.58. The molecular weight excluding hydrogens is 385 g/mol. The predicted octanol–water partition coefficient (Wildman–Crippen LogP) is 4.92. The smallest absolute Gasteiger partial charge is 0.326 e. The Labute approximate surface area is 174 Å². The molecule has 1 aromatic heterocycles. The molecule has 0 fully saturated rings. The van der Waals surface area contributed by atoms with Gasteiger partial charge in [-0.2, -0.15) is 0 Å². The SMILES string of the molecule is CCCCC(Nc1cc(-c2ccc(OCc3cccc(F)c3)cc2)ncn1)C(=O)O. The molecule has 2 aromatic carbocycles. The summed E-state index contributed by atoms with van der Waals surface area (Å²) in [5.41, 5.74) is 2.27. The van der Waals surface area contributed by atoms with Gasteiger partial charge in [-0.1, -0.05) is 31.9 Å². The van der Waals surface area contributed by atoms with Gasteiger partial charge in [-0.05, 0) is 48.4 Å². The van der Waals surface area contributed by atoms with Crippen LogP contribution in [0.1, 0.15) is 31.7 Å². The lowest BCUT2D eigenvalue weighted by Crippen LogP contribution is -2.29. The number of benzene rings is 2. The van der Waals surface area contributed by atoms with Crippen LogP contribution in [-0.4, -0.2) is 27.1 Å². The number of halogens is 1. The van der Waals surface area contributed by atoms with Crippen molar-refractivity contribution in [2.24, 2.45) is 0 Å². The minimum Gasteiger partial charge on any atom is -0.489 e. The summed E-state index contributed by atoms with van der Waals surface area (Å²) in [5, 5.41) is 12.4.